The Hall–Kier alpha value is -2.83. The summed E-state index contributed by atoms with van der Waals surface area (Å²) < 4.78 is 5.76. The molecule has 152 valence electrons. The van der Waals surface area contributed by atoms with Crippen LogP contribution in [0.1, 0.15) is 64.1 Å². The number of aromatic hydroxyl groups is 1. The number of hydrogen-bond donors (Lipinski definition) is 3. The highest BCUT2D eigenvalue weighted by Crippen LogP contribution is 2.42. The van der Waals surface area contributed by atoms with Crippen molar-refractivity contribution in [1.29, 1.82) is 0 Å². The fraction of sp³-hybridized carbons (Fsp3) is 0.476. The van der Waals surface area contributed by atoms with Crippen LogP contribution in [0.3, 0.4) is 0 Å². The zero-order chi connectivity index (χ0) is 21.4. The van der Waals surface area contributed by atoms with Gasteiger partial charge < -0.3 is 14.6 Å². The van der Waals surface area contributed by atoms with Gasteiger partial charge in [-0.1, -0.05) is 41.5 Å². The zero-order valence-corrected chi connectivity index (χ0v) is 17.4. The largest absolute Gasteiger partial charge is 0.507 e. The Kier molecular flexibility index (Phi) is 5.59. The number of carbonyl (C=O) groups excluding carboxylic acids is 1. The molecule has 0 saturated carbocycles. The molecule has 0 radical (unpaired) electrons. The minimum Gasteiger partial charge on any atom is -0.507 e. The third kappa shape index (κ3) is 4.71. The zero-order valence-electron chi connectivity index (χ0n) is 17.4. The lowest BCUT2D eigenvalue weighted by molar-refractivity contribution is -0.119. The van der Waals surface area contributed by atoms with E-state index < -0.39 is 12.0 Å². The number of phenolic OH excluding ortho intramolecular Hbond substituents is 1. The topological polar surface area (TPSA) is 113 Å². The first-order valence-electron chi connectivity index (χ1n) is 9.07. The minimum absolute atomic E-state index is 0.196. The summed E-state index contributed by atoms with van der Waals surface area (Å²) in [5, 5.41) is 21.3. The van der Waals surface area contributed by atoms with Gasteiger partial charge in [-0.3, -0.25) is 10.1 Å². The molecule has 1 aromatic carbocycles. The highest BCUT2D eigenvalue weighted by Gasteiger charge is 2.28. The highest BCUT2D eigenvalue weighted by atomic mass is 16.4. The van der Waals surface area contributed by atoms with Crippen LogP contribution in [0.15, 0.2) is 16.5 Å². The van der Waals surface area contributed by atoms with Gasteiger partial charge in [0.15, 0.2) is 0 Å². The van der Waals surface area contributed by atoms with Crippen LogP contribution < -0.4 is 5.32 Å². The van der Waals surface area contributed by atoms with E-state index in [1.54, 1.807) is 12.2 Å². The van der Waals surface area contributed by atoms with E-state index in [0.29, 0.717) is 22.9 Å². The van der Waals surface area contributed by atoms with Crippen molar-refractivity contribution in [2.24, 2.45) is 0 Å². The molecule has 1 aromatic heterocycles. The minimum atomic E-state index is -1.41. The number of nitrogens with one attached hydrogen (secondary N) is 1. The van der Waals surface area contributed by atoms with Crippen LogP contribution in [0, 0.1) is 6.92 Å². The van der Waals surface area contributed by atoms with Gasteiger partial charge in [-0.05, 0) is 29.9 Å². The maximum absolute atomic E-state index is 11.7. The van der Waals surface area contributed by atoms with E-state index in [9.17, 15) is 14.7 Å². The predicted molar refractivity (Wildman–Crippen MR) is 106 cm³/mol. The summed E-state index contributed by atoms with van der Waals surface area (Å²) in [7, 11) is 0. The summed E-state index contributed by atoms with van der Waals surface area (Å²) in [6, 6.07) is 3.69. The summed E-state index contributed by atoms with van der Waals surface area (Å²) in [5.74, 6) is 0.352. The Labute approximate surface area is 164 Å². The van der Waals surface area contributed by atoms with Crippen LogP contribution in [0.4, 0.5) is 4.79 Å². The monoisotopic (exact) mass is 388 g/mol. The second-order valence-electron chi connectivity index (χ2n) is 8.97. The van der Waals surface area contributed by atoms with Crippen molar-refractivity contribution in [2.45, 2.75) is 65.7 Å². The van der Waals surface area contributed by atoms with Crippen LogP contribution in [0.2, 0.25) is 0 Å². The van der Waals surface area contributed by atoms with E-state index in [0.717, 1.165) is 11.1 Å². The van der Waals surface area contributed by atoms with Crippen LogP contribution in [0.5, 0.6) is 5.75 Å². The van der Waals surface area contributed by atoms with E-state index in [1.165, 1.54) is 0 Å². The third-order valence-electron chi connectivity index (χ3n) is 4.44. The van der Waals surface area contributed by atoms with Gasteiger partial charge in [-0.2, -0.15) is 0 Å². The molecule has 0 unspecified atom stereocenters. The standard InChI is InChI=1S/C21H28N2O5/c1-11-15(10-16(24)23-19(26)27)22-18(28-11)12-8-13(20(2,3)4)17(25)14(9-12)21(5,6)7/h8-9,25H,10H2,1-7H3,(H,23,24)(H,26,27). The first-order valence-corrected chi connectivity index (χ1v) is 9.07. The summed E-state index contributed by atoms with van der Waals surface area (Å²) in [5.41, 5.74) is 2.02. The fourth-order valence-electron chi connectivity index (χ4n) is 2.93. The van der Waals surface area contributed by atoms with Crippen molar-refractivity contribution in [1.82, 2.24) is 10.3 Å². The molecule has 0 atom stereocenters. The Morgan fingerprint density at radius 3 is 2.00 bits per heavy atom. The van der Waals surface area contributed by atoms with Crippen molar-refractivity contribution in [3.05, 3.63) is 34.7 Å². The van der Waals surface area contributed by atoms with E-state index >= 15 is 0 Å². The van der Waals surface area contributed by atoms with Gasteiger partial charge >= 0.3 is 6.09 Å². The second kappa shape index (κ2) is 7.30. The summed E-state index contributed by atoms with van der Waals surface area (Å²) in [6.45, 7) is 13.8. The molecule has 1 heterocycles. The Bertz CT molecular complexity index is 879. The number of carboxylic acid groups (broad SMARTS) is 1. The molecule has 7 nitrogen and oxygen atoms in total. The molecule has 0 spiro atoms. The molecular weight excluding hydrogens is 360 g/mol. The van der Waals surface area contributed by atoms with Crippen molar-refractivity contribution < 1.29 is 24.2 Å². The molecular formula is C21H28N2O5. The molecule has 2 aromatic rings. The van der Waals surface area contributed by atoms with Crippen LogP contribution in [0.25, 0.3) is 11.5 Å². The van der Waals surface area contributed by atoms with E-state index in [2.05, 4.69) is 4.98 Å². The van der Waals surface area contributed by atoms with E-state index in [-0.39, 0.29) is 23.0 Å². The molecule has 0 saturated heterocycles. The first-order chi connectivity index (χ1) is 12.7. The number of imide groups is 1. The van der Waals surface area contributed by atoms with Crippen LogP contribution >= 0.6 is 0 Å². The number of aryl methyl sites for hydroxylation is 1. The van der Waals surface area contributed by atoms with Gasteiger partial charge in [0.05, 0.1) is 12.1 Å². The number of amides is 2. The van der Waals surface area contributed by atoms with Gasteiger partial charge in [0, 0.05) is 16.7 Å². The lowest BCUT2D eigenvalue weighted by Crippen LogP contribution is -2.30. The second-order valence-corrected chi connectivity index (χ2v) is 8.97. The number of nitrogens with zero attached hydrogens (tertiary/aromatic N) is 1. The summed E-state index contributed by atoms with van der Waals surface area (Å²) in [4.78, 5) is 26.7. The number of hydrogen-bond acceptors (Lipinski definition) is 5. The van der Waals surface area contributed by atoms with E-state index in [1.807, 2.05) is 53.7 Å². The molecule has 0 aliphatic heterocycles. The highest BCUT2D eigenvalue weighted by molar-refractivity contribution is 5.92. The average molecular weight is 388 g/mol. The van der Waals surface area contributed by atoms with Crippen LogP contribution in [-0.4, -0.2) is 27.2 Å². The normalized spacial score (nSPS) is 12.1. The summed E-state index contributed by atoms with van der Waals surface area (Å²) >= 11 is 0. The van der Waals surface area contributed by atoms with Gasteiger partial charge in [0.1, 0.15) is 11.5 Å². The maximum Gasteiger partial charge on any atom is 0.411 e. The smallest absolute Gasteiger partial charge is 0.411 e. The Morgan fingerprint density at radius 1 is 1.07 bits per heavy atom. The molecule has 2 amide bonds. The first kappa shape index (κ1) is 21.5. The number of aromatic nitrogens is 1. The van der Waals surface area contributed by atoms with E-state index in [4.69, 9.17) is 9.52 Å². The van der Waals surface area contributed by atoms with Crippen molar-refractivity contribution in [3.8, 4) is 17.2 Å². The van der Waals surface area contributed by atoms with Gasteiger partial charge in [0.25, 0.3) is 0 Å². The maximum atomic E-state index is 11.7. The third-order valence-corrected chi connectivity index (χ3v) is 4.44. The van der Waals surface area contributed by atoms with Crippen LogP contribution in [-0.2, 0) is 22.0 Å². The summed E-state index contributed by atoms with van der Waals surface area (Å²) in [6.07, 6.45) is -1.60. The molecule has 28 heavy (non-hydrogen) atoms. The van der Waals surface area contributed by atoms with Crippen molar-refractivity contribution in [3.63, 3.8) is 0 Å². The number of phenols is 1. The molecule has 3 N–H and O–H groups in total. The van der Waals surface area contributed by atoms with Gasteiger partial charge in [-0.25, -0.2) is 9.78 Å². The van der Waals surface area contributed by atoms with Crippen molar-refractivity contribution in [2.75, 3.05) is 0 Å². The predicted octanol–water partition coefficient (Wildman–Crippen LogP) is 4.29. The number of rotatable bonds is 3. The number of carbonyl (C=O) groups is 2. The number of oxazole rings is 1. The molecule has 0 bridgehead atoms. The molecule has 0 fully saturated rings. The Morgan fingerprint density at radius 2 is 1.57 bits per heavy atom. The Balaban J connectivity index is 2.55. The molecule has 2 rings (SSSR count). The van der Waals surface area contributed by atoms with Gasteiger partial charge in [-0.15, -0.1) is 0 Å². The lowest BCUT2D eigenvalue weighted by Gasteiger charge is -2.27. The molecule has 0 aliphatic carbocycles. The fourth-order valence-corrected chi connectivity index (χ4v) is 2.93. The molecule has 7 heteroatoms. The van der Waals surface area contributed by atoms with Gasteiger partial charge in [0.2, 0.25) is 11.8 Å². The molecule has 0 aliphatic rings. The lowest BCUT2D eigenvalue weighted by atomic mass is 9.78. The van der Waals surface area contributed by atoms with Crippen molar-refractivity contribution >= 4 is 12.0 Å². The average Bonchev–Trinajstić information content (AvgIpc) is 2.85. The quantitative estimate of drug-likeness (QED) is 0.723. The SMILES string of the molecule is Cc1oc(-c2cc(C(C)(C)C)c(O)c(C(C)(C)C)c2)nc1CC(=O)NC(=O)O. The number of benzene rings is 1.